The Morgan fingerprint density at radius 2 is 1.93 bits per heavy atom. The maximum absolute atomic E-state index is 13.8. The fraction of sp³-hybridized carbons (Fsp3) is 0.303. The lowest BCUT2D eigenvalue weighted by Crippen LogP contribution is -2.35. The van der Waals surface area contributed by atoms with Crippen molar-refractivity contribution in [1.82, 2.24) is 30.4 Å². The van der Waals surface area contributed by atoms with Gasteiger partial charge in [-0.1, -0.05) is 30.3 Å². The molecule has 226 valence electrons. The first-order valence-corrected chi connectivity index (χ1v) is 15.3. The number of aromatic nitrogens is 4. The number of carbonyl (C=O) groups is 2. The molecule has 1 fully saturated rings. The standard InChI is InChI=1S/C33H34N6O4S/c1-20-13-21(30(17-42-4)43-16-22-18-44-19-34-22)9-10-23(20)31(40)36-33(11-12-33)25-14-27(35-26-8-6-5-7-24(25)26)28-15-29(38-37-28)32(41)39(2)3/h5-10,13-15,18-19,30H,11-12,16-17H2,1-4H3,(H,36,40)(H,37,38)/t30-/m0/s1. The van der Waals surface area contributed by atoms with Gasteiger partial charge < -0.3 is 19.7 Å². The third kappa shape index (κ3) is 5.99. The van der Waals surface area contributed by atoms with Crippen molar-refractivity contribution < 1.29 is 19.1 Å². The summed E-state index contributed by atoms with van der Waals surface area (Å²) in [4.78, 5) is 36.9. The van der Waals surface area contributed by atoms with E-state index >= 15 is 0 Å². The van der Waals surface area contributed by atoms with Gasteiger partial charge >= 0.3 is 0 Å². The van der Waals surface area contributed by atoms with Crippen molar-refractivity contribution in [3.63, 3.8) is 0 Å². The molecule has 11 heteroatoms. The smallest absolute Gasteiger partial charge is 0.271 e. The summed E-state index contributed by atoms with van der Waals surface area (Å²) in [7, 11) is 5.03. The van der Waals surface area contributed by atoms with E-state index in [0.717, 1.165) is 46.1 Å². The highest BCUT2D eigenvalue weighted by molar-refractivity contribution is 7.07. The molecule has 2 N–H and O–H groups in total. The minimum Gasteiger partial charge on any atom is -0.382 e. The summed E-state index contributed by atoms with van der Waals surface area (Å²) in [6.07, 6.45) is 1.31. The number of rotatable bonds is 11. The number of aryl methyl sites for hydroxylation is 1. The van der Waals surface area contributed by atoms with Crippen LogP contribution in [-0.2, 0) is 21.6 Å². The van der Waals surface area contributed by atoms with Gasteiger partial charge in [0.25, 0.3) is 11.8 Å². The number of H-pyrrole nitrogens is 1. The largest absolute Gasteiger partial charge is 0.382 e. The molecule has 0 bridgehead atoms. The lowest BCUT2D eigenvalue weighted by Gasteiger charge is -2.22. The topological polar surface area (TPSA) is 122 Å². The number of aromatic amines is 1. The molecule has 3 aromatic heterocycles. The Bertz CT molecular complexity index is 1810. The molecular formula is C33H34N6O4S. The van der Waals surface area contributed by atoms with E-state index in [1.165, 1.54) is 16.2 Å². The lowest BCUT2D eigenvalue weighted by atomic mass is 9.96. The fourth-order valence-electron chi connectivity index (χ4n) is 5.41. The van der Waals surface area contributed by atoms with Gasteiger partial charge in [-0.2, -0.15) is 5.10 Å². The summed E-state index contributed by atoms with van der Waals surface area (Å²) in [5.41, 5.74) is 7.89. The molecule has 1 aliphatic rings. The Morgan fingerprint density at radius 1 is 1.11 bits per heavy atom. The van der Waals surface area contributed by atoms with Crippen molar-refractivity contribution in [2.75, 3.05) is 27.8 Å². The monoisotopic (exact) mass is 610 g/mol. The summed E-state index contributed by atoms with van der Waals surface area (Å²) >= 11 is 1.53. The summed E-state index contributed by atoms with van der Waals surface area (Å²) in [5.74, 6) is -0.309. The van der Waals surface area contributed by atoms with Crippen molar-refractivity contribution in [2.45, 2.75) is 38.0 Å². The lowest BCUT2D eigenvalue weighted by molar-refractivity contribution is -0.0139. The maximum Gasteiger partial charge on any atom is 0.271 e. The molecular weight excluding hydrogens is 576 g/mol. The highest BCUT2D eigenvalue weighted by Crippen LogP contribution is 2.49. The number of carbonyl (C=O) groups excluding carboxylic acids is 2. The molecule has 1 aliphatic carbocycles. The quantitative estimate of drug-likeness (QED) is 0.205. The average molecular weight is 611 g/mol. The van der Waals surface area contributed by atoms with Crippen LogP contribution in [0.2, 0.25) is 0 Å². The van der Waals surface area contributed by atoms with E-state index in [2.05, 4.69) is 20.5 Å². The second-order valence-corrected chi connectivity index (χ2v) is 12.0. The van der Waals surface area contributed by atoms with Crippen LogP contribution in [0.5, 0.6) is 0 Å². The minimum absolute atomic E-state index is 0.140. The van der Waals surface area contributed by atoms with Gasteiger partial charge in [0.1, 0.15) is 17.5 Å². The zero-order chi connectivity index (χ0) is 30.8. The van der Waals surface area contributed by atoms with Crippen LogP contribution >= 0.6 is 11.3 Å². The Hall–Kier alpha value is -4.45. The number of methoxy groups -OCH3 is 1. The van der Waals surface area contributed by atoms with E-state index in [-0.39, 0.29) is 17.9 Å². The molecule has 2 amide bonds. The predicted molar refractivity (Wildman–Crippen MR) is 168 cm³/mol. The van der Waals surface area contributed by atoms with Crippen molar-refractivity contribution in [3.05, 3.63) is 99.1 Å². The first-order valence-electron chi connectivity index (χ1n) is 14.4. The van der Waals surface area contributed by atoms with Crippen molar-refractivity contribution >= 4 is 34.1 Å². The first-order chi connectivity index (χ1) is 21.3. The normalized spacial score (nSPS) is 14.4. The van der Waals surface area contributed by atoms with Crippen LogP contribution in [0, 0.1) is 6.92 Å². The summed E-state index contributed by atoms with van der Waals surface area (Å²) in [6, 6.07) is 17.4. The van der Waals surface area contributed by atoms with Gasteiger partial charge in [0, 0.05) is 37.5 Å². The van der Waals surface area contributed by atoms with Gasteiger partial charge in [-0.25, -0.2) is 9.97 Å². The molecule has 10 nitrogen and oxygen atoms in total. The highest BCUT2D eigenvalue weighted by atomic mass is 32.1. The maximum atomic E-state index is 13.8. The number of pyridine rings is 1. The number of amides is 2. The number of thiazole rings is 1. The molecule has 1 atom stereocenters. The Kier molecular flexibility index (Phi) is 8.26. The van der Waals surface area contributed by atoms with Crippen LogP contribution in [0.4, 0.5) is 0 Å². The molecule has 2 aromatic carbocycles. The number of benzene rings is 2. The van der Waals surface area contributed by atoms with Gasteiger partial charge in [0.15, 0.2) is 0 Å². The van der Waals surface area contributed by atoms with E-state index in [9.17, 15) is 9.59 Å². The third-order valence-corrected chi connectivity index (χ3v) is 8.55. The average Bonchev–Trinajstić information content (AvgIpc) is 3.38. The fourth-order valence-corrected chi connectivity index (χ4v) is 5.95. The number of hydrogen-bond acceptors (Lipinski definition) is 8. The number of para-hydroxylation sites is 1. The highest BCUT2D eigenvalue weighted by Gasteiger charge is 2.47. The minimum atomic E-state index is -0.534. The SMILES string of the molecule is COC[C@H](OCc1cscn1)c1ccc(C(=O)NC2(c3cc(-c4cc(C(=O)N(C)C)[nH]n4)nc4ccccc34)CC2)c(C)c1. The van der Waals surface area contributed by atoms with Crippen LogP contribution in [0.1, 0.15) is 62.2 Å². The second-order valence-electron chi connectivity index (χ2n) is 11.3. The van der Waals surface area contributed by atoms with Crippen LogP contribution in [-0.4, -0.2) is 64.7 Å². The van der Waals surface area contributed by atoms with Gasteiger partial charge in [-0.3, -0.25) is 14.7 Å². The first kappa shape index (κ1) is 29.6. The Balaban J connectivity index is 1.26. The van der Waals surface area contributed by atoms with E-state index < -0.39 is 5.54 Å². The van der Waals surface area contributed by atoms with Crippen LogP contribution in [0.25, 0.3) is 22.3 Å². The van der Waals surface area contributed by atoms with Gasteiger partial charge in [0.05, 0.1) is 41.2 Å². The molecule has 0 unspecified atom stereocenters. The zero-order valence-corrected chi connectivity index (χ0v) is 25.9. The predicted octanol–water partition coefficient (Wildman–Crippen LogP) is 5.42. The Labute approximate surface area is 259 Å². The molecule has 1 saturated carbocycles. The molecule has 5 aromatic rings. The summed E-state index contributed by atoms with van der Waals surface area (Å²) in [6.45, 7) is 2.71. The summed E-state index contributed by atoms with van der Waals surface area (Å²) < 4.78 is 11.5. The number of nitrogens with one attached hydrogen (secondary N) is 2. The Morgan fingerprint density at radius 3 is 2.64 bits per heavy atom. The molecule has 0 radical (unpaired) electrons. The van der Waals surface area contributed by atoms with Crippen LogP contribution < -0.4 is 5.32 Å². The molecule has 0 aliphatic heterocycles. The summed E-state index contributed by atoms with van der Waals surface area (Å²) in [5, 5.41) is 13.5. The molecule has 3 heterocycles. The van der Waals surface area contributed by atoms with Crippen LogP contribution in [0.3, 0.4) is 0 Å². The number of hydrogen-bond donors (Lipinski definition) is 2. The van der Waals surface area contributed by atoms with E-state index in [1.807, 2.05) is 60.8 Å². The number of ether oxygens (including phenoxy) is 2. The van der Waals surface area contributed by atoms with Gasteiger partial charge in [-0.05, 0) is 60.7 Å². The van der Waals surface area contributed by atoms with E-state index in [1.54, 1.807) is 32.8 Å². The van der Waals surface area contributed by atoms with Crippen molar-refractivity contribution in [3.8, 4) is 11.4 Å². The number of nitrogens with zero attached hydrogens (tertiary/aromatic N) is 4. The molecule has 0 spiro atoms. The van der Waals surface area contributed by atoms with Gasteiger partial charge in [-0.15, -0.1) is 11.3 Å². The molecule has 0 saturated heterocycles. The van der Waals surface area contributed by atoms with E-state index in [4.69, 9.17) is 14.5 Å². The molecule has 6 rings (SSSR count). The third-order valence-electron chi connectivity index (χ3n) is 7.91. The molecule has 44 heavy (non-hydrogen) atoms. The second kappa shape index (κ2) is 12.3. The van der Waals surface area contributed by atoms with Gasteiger partial charge in [0.2, 0.25) is 0 Å². The van der Waals surface area contributed by atoms with Crippen molar-refractivity contribution in [2.24, 2.45) is 0 Å². The van der Waals surface area contributed by atoms with Crippen molar-refractivity contribution in [1.29, 1.82) is 0 Å². The number of fused-ring (bicyclic) bond motifs is 1. The van der Waals surface area contributed by atoms with Crippen LogP contribution in [0.15, 0.2) is 65.5 Å². The zero-order valence-electron chi connectivity index (χ0n) is 25.1. The van der Waals surface area contributed by atoms with E-state index in [0.29, 0.717) is 35.9 Å².